The fraction of sp³-hybridized carbons (Fsp3) is 0.273. The monoisotopic (exact) mass is 254 g/mol. The summed E-state index contributed by atoms with van der Waals surface area (Å²) < 4.78 is 0. The third-order valence-electron chi connectivity index (χ3n) is 2.00. The Morgan fingerprint density at radius 3 is 2.53 bits per heavy atom. The van der Waals surface area contributed by atoms with E-state index in [0.717, 1.165) is 6.92 Å². The quantitative estimate of drug-likeness (QED) is 0.696. The van der Waals surface area contributed by atoms with E-state index in [4.69, 9.17) is 0 Å². The van der Waals surface area contributed by atoms with Crippen molar-refractivity contribution in [2.75, 3.05) is 5.88 Å². The molecule has 0 aliphatic heterocycles. The van der Waals surface area contributed by atoms with Gasteiger partial charge in [-0.05, 0) is 19.1 Å². The van der Waals surface area contributed by atoms with Gasteiger partial charge in [0, 0.05) is 5.56 Å². The fourth-order valence-electron chi connectivity index (χ4n) is 0.993. The number of amides is 1. The number of carbonyl (C=O) groups excluding carboxylic acids is 2. The number of carbonyl (C=O) groups is 2. The Hall–Kier alpha value is -1.53. The first kappa shape index (κ1) is 13.5. The van der Waals surface area contributed by atoms with Gasteiger partial charge < -0.3 is 20.3 Å². The highest BCUT2D eigenvalue weighted by molar-refractivity contribution is 8.01. The molecule has 0 aliphatic carbocycles. The Labute approximate surface area is 103 Å². The van der Waals surface area contributed by atoms with Gasteiger partial charge >= 0.3 is 0 Å². The Balaban J connectivity index is 2.43. The van der Waals surface area contributed by atoms with Crippen molar-refractivity contribution in [2.45, 2.75) is 11.9 Å². The lowest BCUT2D eigenvalue weighted by atomic mass is 10.2. The zero-order valence-electron chi connectivity index (χ0n) is 9.17. The van der Waals surface area contributed by atoms with Crippen LogP contribution in [-0.4, -0.2) is 27.8 Å². The average Bonchev–Trinajstić information content (AvgIpc) is 2.29. The van der Waals surface area contributed by atoms with E-state index in [1.807, 2.05) is 0 Å². The summed E-state index contributed by atoms with van der Waals surface area (Å²) in [4.78, 5) is 20.0. The molecule has 0 bridgehead atoms. The van der Waals surface area contributed by atoms with Crippen LogP contribution in [0.15, 0.2) is 30.3 Å². The average molecular weight is 254 g/mol. The molecule has 1 atom stereocenters. The van der Waals surface area contributed by atoms with E-state index in [1.54, 1.807) is 30.3 Å². The molecule has 6 heteroatoms. The predicted octanol–water partition coefficient (Wildman–Crippen LogP) is -0.435. The summed E-state index contributed by atoms with van der Waals surface area (Å²) in [6.07, 6.45) is 0. The first-order valence-electron chi connectivity index (χ1n) is 4.84. The second-order valence-corrected chi connectivity index (χ2v) is 4.80. The SMILES string of the molecule is CC(O)(SCNC(=O)c1ccccc1)C(=O)[O-]. The molecule has 1 amide bonds. The van der Waals surface area contributed by atoms with Gasteiger partial charge in [-0.1, -0.05) is 18.2 Å². The van der Waals surface area contributed by atoms with Crippen LogP contribution in [0.5, 0.6) is 0 Å². The highest BCUT2D eigenvalue weighted by atomic mass is 32.2. The van der Waals surface area contributed by atoms with Crippen LogP contribution in [-0.2, 0) is 4.79 Å². The number of aliphatic carboxylic acids is 1. The van der Waals surface area contributed by atoms with E-state index < -0.39 is 10.9 Å². The summed E-state index contributed by atoms with van der Waals surface area (Å²) in [5, 5.41) is 22.3. The fourth-order valence-corrected chi connectivity index (χ4v) is 1.59. The van der Waals surface area contributed by atoms with Gasteiger partial charge in [0.05, 0.1) is 11.8 Å². The molecule has 5 nitrogen and oxygen atoms in total. The van der Waals surface area contributed by atoms with E-state index >= 15 is 0 Å². The molecular formula is C11H12NO4S-. The highest BCUT2D eigenvalue weighted by Crippen LogP contribution is 2.19. The Kier molecular flexibility index (Phi) is 4.53. The molecule has 0 aromatic heterocycles. The summed E-state index contributed by atoms with van der Waals surface area (Å²) in [7, 11) is 0. The molecular weight excluding hydrogens is 242 g/mol. The van der Waals surface area contributed by atoms with Crippen LogP contribution in [0.3, 0.4) is 0 Å². The number of rotatable bonds is 5. The van der Waals surface area contributed by atoms with Gasteiger partial charge in [-0.2, -0.15) is 0 Å². The number of thioether (sulfide) groups is 1. The van der Waals surface area contributed by atoms with E-state index in [2.05, 4.69) is 5.32 Å². The number of carboxylic acid groups (broad SMARTS) is 1. The minimum absolute atomic E-state index is 0.0191. The second kappa shape index (κ2) is 5.70. The molecule has 0 saturated carbocycles. The van der Waals surface area contributed by atoms with Crippen LogP contribution < -0.4 is 10.4 Å². The Morgan fingerprint density at radius 1 is 1.41 bits per heavy atom. The summed E-state index contributed by atoms with van der Waals surface area (Å²) in [5.74, 6) is -1.93. The second-order valence-electron chi connectivity index (χ2n) is 3.43. The van der Waals surface area contributed by atoms with Gasteiger partial charge in [0.25, 0.3) is 5.91 Å². The molecule has 17 heavy (non-hydrogen) atoms. The molecule has 92 valence electrons. The van der Waals surface area contributed by atoms with Gasteiger partial charge in [-0.15, -0.1) is 11.8 Å². The summed E-state index contributed by atoms with van der Waals surface area (Å²) in [5.41, 5.74) is 0.473. The van der Waals surface area contributed by atoms with Crippen molar-refractivity contribution < 1.29 is 19.8 Å². The highest BCUT2D eigenvalue weighted by Gasteiger charge is 2.22. The van der Waals surface area contributed by atoms with Crippen molar-refractivity contribution in [3.05, 3.63) is 35.9 Å². The van der Waals surface area contributed by atoms with Gasteiger partial charge in [0.1, 0.15) is 4.93 Å². The number of hydrogen-bond donors (Lipinski definition) is 2. The van der Waals surface area contributed by atoms with Crippen molar-refractivity contribution in [3.63, 3.8) is 0 Å². The normalized spacial score (nSPS) is 13.8. The molecule has 1 rings (SSSR count). The minimum atomic E-state index is -2.01. The molecule has 0 radical (unpaired) electrons. The maximum Gasteiger partial charge on any atom is 0.251 e. The van der Waals surface area contributed by atoms with E-state index in [1.165, 1.54) is 0 Å². The Morgan fingerprint density at radius 2 is 2.00 bits per heavy atom. The van der Waals surface area contributed by atoms with Crippen LogP contribution in [0.1, 0.15) is 17.3 Å². The first-order chi connectivity index (χ1) is 7.93. The van der Waals surface area contributed by atoms with Crippen LogP contribution in [0.25, 0.3) is 0 Å². The van der Waals surface area contributed by atoms with Gasteiger partial charge in [0.2, 0.25) is 0 Å². The third-order valence-corrected chi connectivity index (χ3v) is 3.02. The molecule has 2 N–H and O–H groups in total. The van der Waals surface area contributed by atoms with Gasteiger partial charge in [-0.25, -0.2) is 0 Å². The van der Waals surface area contributed by atoms with Crippen LogP contribution >= 0.6 is 11.8 Å². The lowest BCUT2D eigenvalue weighted by Gasteiger charge is -2.23. The Bertz CT molecular complexity index is 405. The summed E-state index contributed by atoms with van der Waals surface area (Å²) in [6.45, 7) is 1.10. The zero-order valence-corrected chi connectivity index (χ0v) is 9.99. The standard InChI is InChI=1S/C11H13NO4S/c1-11(16,10(14)15)17-7-12-9(13)8-5-3-2-4-6-8/h2-6,16H,7H2,1H3,(H,12,13)(H,14,15)/p-1. The molecule has 1 unspecified atom stereocenters. The molecule has 1 aromatic carbocycles. The molecule has 0 saturated heterocycles. The zero-order chi connectivity index (χ0) is 12.9. The third kappa shape index (κ3) is 4.08. The first-order valence-corrected chi connectivity index (χ1v) is 5.83. The minimum Gasteiger partial charge on any atom is -0.546 e. The van der Waals surface area contributed by atoms with Crippen molar-refractivity contribution in [1.29, 1.82) is 0 Å². The maximum absolute atomic E-state index is 11.5. The van der Waals surface area contributed by atoms with Crippen LogP contribution in [0.2, 0.25) is 0 Å². The van der Waals surface area contributed by atoms with Crippen LogP contribution in [0.4, 0.5) is 0 Å². The van der Waals surface area contributed by atoms with Crippen molar-refractivity contribution in [2.24, 2.45) is 0 Å². The smallest absolute Gasteiger partial charge is 0.251 e. The summed E-state index contributed by atoms with van der Waals surface area (Å²) >= 11 is 0.671. The van der Waals surface area contributed by atoms with Gasteiger partial charge in [-0.3, -0.25) is 4.79 Å². The van der Waals surface area contributed by atoms with E-state index in [9.17, 15) is 19.8 Å². The van der Waals surface area contributed by atoms with Gasteiger partial charge in [0.15, 0.2) is 0 Å². The number of carboxylic acids is 1. The van der Waals surface area contributed by atoms with E-state index in [-0.39, 0.29) is 11.8 Å². The summed E-state index contributed by atoms with van der Waals surface area (Å²) in [6, 6.07) is 8.50. The number of hydrogen-bond acceptors (Lipinski definition) is 5. The lowest BCUT2D eigenvalue weighted by molar-refractivity contribution is -0.316. The maximum atomic E-state index is 11.5. The molecule has 0 spiro atoms. The number of aliphatic hydroxyl groups is 1. The molecule has 1 aromatic rings. The lowest BCUT2D eigenvalue weighted by Crippen LogP contribution is -2.44. The van der Waals surface area contributed by atoms with Crippen molar-refractivity contribution >= 4 is 23.6 Å². The topological polar surface area (TPSA) is 89.5 Å². The number of nitrogens with one attached hydrogen (secondary N) is 1. The largest absolute Gasteiger partial charge is 0.546 e. The predicted molar refractivity (Wildman–Crippen MR) is 62.0 cm³/mol. The van der Waals surface area contributed by atoms with Crippen molar-refractivity contribution in [3.8, 4) is 0 Å². The van der Waals surface area contributed by atoms with Crippen LogP contribution in [0, 0.1) is 0 Å². The number of benzene rings is 1. The molecule has 0 heterocycles. The van der Waals surface area contributed by atoms with Crippen molar-refractivity contribution in [1.82, 2.24) is 5.32 Å². The van der Waals surface area contributed by atoms with E-state index in [0.29, 0.717) is 17.3 Å². The molecule has 0 aliphatic rings. The molecule has 0 fully saturated rings.